The lowest BCUT2D eigenvalue weighted by molar-refractivity contribution is -0.123. The summed E-state index contributed by atoms with van der Waals surface area (Å²) in [6.07, 6.45) is -1.46. The molecule has 0 aliphatic carbocycles. The van der Waals surface area contributed by atoms with Crippen LogP contribution in [0.1, 0.15) is 29.3 Å². The Bertz CT molecular complexity index is 546. The first-order valence-corrected chi connectivity index (χ1v) is 6.27. The highest BCUT2D eigenvalue weighted by molar-refractivity contribution is 6.47. The van der Waals surface area contributed by atoms with Crippen LogP contribution in [0.3, 0.4) is 0 Å². The molecule has 1 aliphatic rings. The van der Waals surface area contributed by atoms with Crippen LogP contribution in [-0.4, -0.2) is 35.2 Å². The van der Waals surface area contributed by atoms with Gasteiger partial charge >= 0.3 is 13.1 Å². The average molecular weight is 280 g/mol. The van der Waals surface area contributed by atoms with E-state index in [-0.39, 0.29) is 24.2 Å². The highest BCUT2D eigenvalue weighted by Gasteiger charge is 2.38. The highest BCUT2D eigenvalue weighted by Crippen LogP contribution is 2.36. The number of benzene rings is 1. The number of carboxylic acid groups (broad SMARTS) is 1. The van der Waals surface area contributed by atoms with E-state index in [1.54, 1.807) is 12.1 Å². The largest absolute Gasteiger partial charge is 0.535 e. The summed E-state index contributed by atoms with van der Waals surface area (Å²) in [7, 11) is -1.31. The van der Waals surface area contributed by atoms with Crippen LogP contribution in [0.25, 0.3) is 0 Å². The molecule has 1 aliphatic heterocycles. The van der Waals surface area contributed by atoms with Gasteiger partial charge in [-0.1, -0.05) is 12.1 Å². The number of halogens is 1. The van der Waals surface area contributed by atoms with Gasteiger partial charge in [-0.15, -0.1) is 0 Å². The second-order valence-electron chi connectivity index (χ2n) is 4.86. The van der Waals surface area contributed by atoms with Crippen LogP contribution < -0.4 is 4.65 Å². The molecule has 106 valence electrons. The lowest BCUT2D eigenvalue weighted by atomic mass is 9.64. The van der Waals surface area contributed by atoms with Crippen molar-refractivity contribution in [2.45, 2.75) is 31.8 Å². The summed E-state index contributed by atoms with van der Waals surface area (Å²) in [5, 5.41) is 18.9. The molecule has 0 bridgehead atoms. The van der Waals surface area contributed by atoms with Gasteiger partial charge < -0.3 is 14.8 Å². The fourth-order valence-corrected chi connectivity index (χ4v) is 2.25. The van der Waals surface area contributed by atoms with Crippen LogP contribution in [0.15, 0.2) is 18.2 Å². The van der Waals surface area contributed by atoms with Crippen molar-refractivity contribution < 1.29 is 28.8 Å². The summed E-state index contributed by atoms with van der Waals surface area (Å²) in [6.45, 7) is 1.15. The second kappa shape index (κ2) is 5.62. The molecule has 0 fully saturated rings. The second-order valence-corrected chi connectivity index (χ2v) is 4.86. The van der Waals surface area contributed by atoms with E-state index in [1.165, 1.54) is 6.07 Å². The number of para-hydroxylation sites is 1. The van der Waals surface area contributed by atoms with E-state index < -0.39 is 30.9 Å². The zero-order valence-electron chi connectivity index (χ0n) is 10.9. The summed E-state index contributed by atoms with van der Waals surface area (Å²) in [4.78, 5) is 22.5. The Morgan fingerprint density at radius 2 is 2.25 bits per heavy atom. The molecule has 0 saturated heterocycles. The van der Waals surface area contributed by atoms with Crippen molar-refractivity contribution in [3.63, 3.8) is 0 Å². The Balaban J connectivity index is 2.24. The van der Waals surface area contributed by atoms with Crippen molar-refractivity contribution in [2.24, 2.45) is 0 Å². The van der Waals surface area contributed by atoms with E-state index in [0.29, 0.717) is 5.56 Å². The number of hydrogen-bond acceptors (Lipinski definition) is 4. The molecular formula is C13H14BFO5. The van der Waals surface area contributed by atoms with Gasteiger partial charge in [-0.3, -0.25) is 4.79 Å². The number of carbonyl (C=O) groups excluding carboxylic acids is 1. The molecule has 1 aromatic rings. The molecule has 1 unspecified atom stereocenters. The van der Waals surface area contributed by atoms with Crippen molar-refractivity contribution in [1.82, 2.24) is 0 Å². The van der Waals surface area contributed by atoms with Gasteiger partial charge in [0, 0.05) is 12.2 Å². The predicted octanol–water partition coefficient (Wildman–Crippen LogP) is 1.49. The van der Waals surface area contributed by atoms with Crippen molar-refractivity contribution in [1.29, 1.82) is 0 Å². The summed E-state index contributed by atoms with van der Waals surface area (Å²) in [6, 6.07) is 4.62. The van der Waals surface area contributed by atoms with Crippen LogP contribution in [0, 0.1) is 0 Å². The van der Waals surface area contributed by atoms with Crippen LogP contribution in [0.2, 0.25) is 5.82 Å². The third-order valence-corrected chi connectivity index (χ3v) is 3.36. The van der Waals surface area contributed by atoms with E-state index in [1.807, 2.05) is 0 Å². The Hall–Kier alpha value is -1.89. The van der Waals surface area contributed by atoms with Crippen molar-refractivity contribution in [3.8, 4) is 5.75 Å². The molecular weight excluding hydrogens is 266 g/mol. The number of aromatic carboxylic acids is 1. The molecule has 0 radical (unpaired) electrons. The van der Waals surface area contributed by atoms with Gasteiger partial charge in [0.15, 0.2) is 12.0 Å². The number of carbonyl (C=O) groups is 2. The van der Waals surface area contributed by atoms with Gasteiger partial charge in [0.1, 0.15) is 5.75 Å². The minimum Gasteiger partial charge on any atom is -0.535 e. The van der Waals surface area contributed by atoms with Gasteiger partial charge in [0.2, 0.25) is 0 Å². The Kier molecular flexibility index (Phi) is 4.08. The molecule has 2 N–H and O–H groups in total. The normalized spacial score (nSPS) is 18.9. The summed E-state index contributed by atoms with van der Waals surface area (Å²) in [5.74, 6) is -2.21. The number of fused-ring (bicyclic) bond motifs is 1. The van der Waals surface area contributed by atoms with Gasteiger partial charge in [-0.05, 0) is 25.0 Å². The number of rotatable bonds is 4. The van der Waals surface area contributed by atoms with Gasteiger partial charge in [-0.2, -0.15) is 0 Å². The van der Waals surface area contributed by atoms with Crippen molar-refractivity contribution in [2.75, 3.05) is 0 Å². The SMILES string of the molecule is CC(F)C(=O)C[C@H]1Cc2cccc(C(=O)O)c2OB1O. The summed E-state index contributed by atoms with van der Waals surface area (Å²) in [5.41, 5.74) is 0.560. The lowest BCUT2D eigenvalue weighted by Crippen LogP contribution is -2.36. The molecule has 1 heterocycles. The van der Waals surface area contributed by atoms with Crippen LogP contribution >= 0.6 is 0 Å². The predicted molar refractivity (Wildman–Crippen MR) is 69.7 cm³/mol. The number of Topliss-reactive ketones (excluding diaryl/α,β-unsaturated/α-hetero) is 1. The van der Waals surface area contributed by atoms with E-state index in [0.717, 1.165) is 6.92 Å². The van der Waals surface area contributed by atoms with E-state index in [2.05, 4.69) is 0 Å². The maximum atomic E-state index is 12.9. The molecule has 5 nitrogen and oxygen atoms in total. The van der Waals surface area contributed by atoms with E-state index in [4.69, 9.17) is 9.76 Å². The van der Waals surface area contributed by atoms with Gasteiger partial charge in [0.05, 0.1) is 5.56 Å². The summed E-state index contributed by atoms with van der Waals surface area (Å²) >= 11 is 0. The molecule has 1 aromatic carbocycles. The fourth-order valence-electron chi connectivity index (χ4n) is 2.25. The quantitative estimate of drug-likeness (QED) is 0.816. The minimum absolute atomic E-state index is 0.0369. The first kappa shape index (κ1) is 14.5. The van der Waals surface area contributed by atoms with E-state index in [9.17, 15) is 19.0 Å². The number of hydrogen-bond donors (Lipinski definition) is 2. The van der Waals surface area contributed by atoms with Crippen molar-refractivity contribution in [3.05, 3.63) is 29.3 Å². The monoisotopic (exact) mass is 280 g/mol. The zero-order chi connectivity index (χ0) is 14.9. The Morgan fingerprint density at radius 3 is 2.85 bits per heavy atom. The lowest BCUT2D eigenvalue weighted by Gasteiger charge is -2.28. The number of carboxylic acids is 1. The zero-order valence-corrected chi connectivity index (χ0v) is 10.9. The number of ketones is 1. The minimum atomic E-state index is -1.59. The van der Waals surface area contributed by atoms with Gasteiger partial charge in [0.25, 0.3) is 0 Å². The average Bonchev–Trinajstić information content (AvgIpc) is 2.38. The Morgan fingerprint density at radius 1 is 1.55 bits per heavy atom. The molecule has 7 heteroatoms. The Labute approximate surface area is 115 Å². The molecule has 0 aromatic heterocycles. The van der Waals surface area contributed by atoms with Crippen LogP contribution in [-0.2, 0) is 11.2 Å². The van der Waals surface area contributed by atoms with Crippen molar-refractivity contribution >= 4 is 18.9 Å². The topological polar surface area (TPSA) is 83.8 Å². The van der Waals surface area contributed by atoms with E-state index >= 15 is 0 Å². The van der Waals surface area contributed by atoms with Crippen LogP contribution in [0.5, 0.6) is 5.75 Å². The van der Waals surface area contributed by atoms with Gasteiger partial charge in [-0.25, -0.2) is 9.18 Å². The standard InChI is InChI=1S/C13H14BFO5/c1-7(15)11(16)6-9-5-8-3-2-4-10(13(17)18)12(8)20-14(9)19/h2-4,7,9,19H,5-6H2,1H3,(H,17,18)/t7?,9-/m1/s1. The molecule has 0 spiro atoms. The molecule has 20 heavy (non-hydrogen) atoms. The maximum absolute atomic E-state index is 12.9. The maximum Gasteiger partial charge on any atom is 0.526 e. The molecule has 0 saturated carbocycles. The van der Waals surface area contributed by atoms with Crippen LogP contribution in [0.4, 0.5) is 4.39 Å². The smallest absolute Gasteiger partial charge is 0.526 e. The molecule has 2 rings (SSSR count). The third-order valence-electron chi connectivity index (χ3n) is 3.36. The number of alkyl halides is 1. The first-order chi connectivity index (χ1) is 9.40. The molecule has 0 amide bonds. The molecule has 2 atom stereocenters. The first-order valence-electron chi connectivity index (χ1n) is 6.27. The summed E-state index contributed by atoms with van der Waals surface area (Å²) < 4.78 is 18.1. The third kappa shape index (κ3) is 2.82. The fraction of sp³-hybridized carbons (Fsp3) is 0.385. The highest BCUT2D eigenvalue weighted by atomic mass is 19.1.